The highest BCUT2D eigenvalue weighted by Crippen LogP contribution is 2.08. The van der Waals surface area contributed by atoms with Crippen molar-refractivity contribution < 1.29 is 9.84 Å². The van der Waals surface area contributed by atoms with E-state index in [-0.39, 0.29) is 6.61 Å². The second kappa shape index (κ2) is 4.77. The van der Waals surface area contributed by atoms with E-state index >= 15 is 0 Å². The average Bonchev–Trinajstić information content (AvgIpc) is 1.82. The first-order valence-electron chi connectivity index (χ1n) is 3.32. The van der Waals surface area contributed by atoms with Crippen molar-refractivity contribution in [3.05, 3.63) is 0 Å². The summed E-state index contributed by atoms with van der Waals surface area (Å²) < 4.78 is 4.90. The van der Waals surface area contributed by atoms with Crippen molar-refractivity contribution in [2.24, 2.45) is 11.8 Å². The minimum Gasteiger partial charge on any atom is -0.396 e. The van der Waals surface area contributed by atoms with Gasteiger partial charge in [-0.2, -0.15) is 0 Å². The van der Waals surface area contributed by atoms with Gasteiger partial charge in [-0.3, -0.25) is 0 Å². The summed E-state index contributed by atoms with van der Waals surface area (Å²) in [5.74, 6) is 0.810. The molecule has 0 saturated carbocycles. The highest BCUT2D eigenvalue weighted by molar-refractivity contribution is 4.59. The van der Waals surface area contributed by atoms with Gasteiger partial charge in [-0.05, 0) is 5.92 Å². The molecule has 1 unspecified atom stereocenters. The molecule has 9 heavy (non-hydrogen) atoms. The van der Waals surface area contributed by atoms with Crippen molar-refractivity contribution in [3.63, 3.8) is 0 Å². The Morgan fingerprint density at radius 1 is 1.44 bits per heavy atom. The third-order valence-corrected chi connectivity index (χ3v) is 1.56. The van der Waals surface area contributed by atoms with Crippen LogP contribution in [0.3, 0.4) is 0 Å². The number of rotatable bonds is 4. The standard InChI is InChI=1S/C7H16O2/c1-6(2)7(4-8)5-9-3/h6-8H,4-5H2,1-3H3. The topological polar surface area (TPSA) is 29.5 Å². The lowest BCUT2D eigenvalue weighted by atomic mass is 9.98. The number of hydrogen-bond acceptors (Lipinski definition) is 2. The van der Waals surface area contributed by atoms with Crippen LogP contribution in [0.2, 0.25) is 0 Å². The Morgan fingerprint density at radius 3 is 2.11 bits per heavy atom. The summed E-state index contributed by atoms with van der Waals surface area (Å²) in [7, 11) is 1.66. The summed E-state index contributed by atoms with van der Waals surface area (Å²) in [6, 6.07) is 0. The zero-order chi connectivity index (χ0) is 7.28. The molecule has 0 aliphatic rings. The van der Waals surface area contributed by atoms with Crippen molar-refractivity contribution >= 4 is 0 Å². The lowest BCUT2D eigenvalue weighted by Crippen LogP contribution is -2.18. The zero-order valence-electron chi connectivity index (χ0n) is 6.42. The number of methoxy groups -OCH3 is 1. The molecule has 0 aliphatic carbocycles. The molecule has 2 nitrogen and oxygen atoms in total. The minimum atomic E-state index is 0.228. The van der Waals surface area contributed by atoms with Gasteiger partial charge in [-0.25, -0.2) is 0 Å². The molecule has 0 heterocycles. The third-order valence-electron chi connectivity index (χ3n) is 1.56. The van der Waals surface area contributed by atoms with E-state index in [2.05, 4.69) is 13.8 Å². The molecule has 0 aromatic rings. The van der Waals surface area contributed by atoms with Crippen molar-refractivity contribution in [1.29, 1.82) is 0 Å². The van der Waals surface area contributed by atoms with Gasteiger partial charge < -0.3 is 9.84 Å². The van der Waals surface area contributed by atoms with E-state index in [4.69, 9.17) is 9.84 Å². The Labute approximate surface area is 56.8 Å². The first-order valence-corrected chi connectivity index (χ1v) is 3.32. The molecule has 0 rings (SSSR count). The summed E-state index contributed by atoms with van der Waals surface area (Å²) >= 11 is 0. The van der Waals surface area contributed by atoms with E-state index in [0.717, 1.165) is 0 Å². The van der Waals surface area contributed by atoms with Crippen LogP contribution in [0.4, 0.5) is 0 Å². The number of aliphatic hydroxyl groups excluding tert-OH is 1. The Hall–Kier alpha value is -0.0800. The van der Waals surface area contributed by atoms with Gasteiger partial charge in [-0.15, -0.1) is 0 Å². The predicted octanol–water partition coefficient (Wildman–Crippen LogP) is 0.897. The van der Waals surface area contributed by atoms with Crippen molar-refractivity contribution in [2.75, 3.05) is 20.3 Å². The minimum absolute atomic E-state index is 0.228. The van der Waals surface area contributed by atoms with Crippen LogP contribution in [0.25, 0.3) is 0 Å². The number of aliphatic hydroxyl groups is 1. The summed E-state index contributed by atoms with van der Waals surface area (Å²) in [5.41, 5.74) is 0. The first kappa shape index (κ1) is 8.92. The fraction of sp³-hybridized carbons (Fsp3) is 1.00. The number of ether oxygens (including phenoxy) is 1. The van der Waals surface area contributed by atoms with Crippen LogP contribution in [-0.2, 0) is 4.74 Å². The molecule has 0 saturated heterocycles. The van der Waals surface area contributed by atoms with Gasteiger partial charge >= 0.3 is 0 Å². The molecule has 0 amide bonds. The SMILES string of the molecule is COCC(CO)C(C)C. The van der Waals surface area contributed by atoms with E-state index in [1.807, 2.05) is 0 Å². The molecule has 0 bridgehead atoms. The van der Waals surface area contributed by atoms with Crippen LogP contribution in [0, 0.1) is 11.8 Å². The van der Waals surface area contributed by atoms with Gasteiger partial charge in [0.05, 0.1) is 6.61 Å². The lowest BCUT2D eigenvalue weighted by molar-refractivity contribution is 0.0850. The summed E-state index contributed by atoms with van der Waals surface area (Å²) in [6.45, 7) is 5.06. The molecule has 0 aliphatic heterocycles. The molecule has 0 fully saturated rings. The molecule has 0 aromatic heterocycles. The predicted molar refractivity (Wildman–Crippen MR) is 37.3 cm³/mol. The van der Waals surface area contributed by atoms with Crippen molar-refractivity contribution in [3.8, 4) is 0 Å². The Morgan fingerprint density at radius 2 is 2.00 bits per heavy atom. The summed E-state index contributed by atoms with van der Waals surface area (Å²) in [5, 5.41) is 8.75. The Kier molecular flexibility index (Phi) is 4.72. The monoisotopic (exact) mass is 132 g/mol. The molecule has 2 heteroatoms. The second-order valence-electron chi connectivity index (χ2n) is 2.64. The van der Waals surface area contributed by atoms with Crippen LogP contribution in [0.15, 0.2) is 0 Å². The molecule has 1 N–H and O–H groups in total. The van der Waals surface area contributed by atoms with Crippen LogP contribution >= 0.6 is 0 Å². The molecule has 1 atom stereocenters. The van der Waals surface area contributed by atoms with Crippen molar-refractivity contribution in [2.45, 2.75) is 13.8 Å². The third kappa shape index (κ3) is 3.49. The molecule has 56 valence electrons. The van der Waals surface area contributed by atoms with Crippen molar-refractivity contribution in [1.82, 2.24) is 0 Å². The number of hydrogen-bond donors (Lipinski definition) is 1. The van der Waals surface area contributed by atoms with Crippen LogP contribution in [0.5, 0.6) is 0 Å². The second-order valence-corrected chi connectivity index (χ2v) is 2.64. The summed E-state index contributed by atoms with van der Waals surface area (Å²) in [6.07, 6.45) is 0. The first-order chi connectivity index (χ1) is 4.22. The highest BCUT2D eigenvalue weighted by Gasteiger charge is 2.10. The van der Waals surface area contributed by atoms with E-state index in [1.165, 1.54) is 0 Å². The molecule has 0 radical (unpaired) electrons. The van der Waals surface area contributed by atoms with E-state index in [1.54, 1.807) is 7.11 Å². The van der Waals surface area contributed by atoms with Crippen LogP contribution in [-0.4, -0.2) is 25.4 Å². The average molecular weight is 132 g/mol. The summed E-state index contributed by atoms with van der Waals surface area (Å²) in [4.78, 5) is 0. The maximum atomic E-state index is 8.75. The normalized spacial score (nSPS) is 14.3. The highest BCUT2D eigenvalue weighted by atomic mass is 16.5. The smallest absolute Gasteiger partial charge is 0.0514 e. The van der Waals surface area contributed by atoms with E-state index in [0.29, 0.717) is 18.4 Å². The fourth-order valence-electron chi connectivity index (χ4n) is 0.670. The van der Waals surface area contributed by atoms with Crippen LogP contribution in [0.1, 0.15) is 13.8 Å². The quantitative estimate of drug-likeness (QED) is 0.615. The van der Waals surface area contributed by atoms with Gasteiger partial charge in [0, 0.05) is 19.6 Å². The molecular formula is C7H16O2. The van der Waals surface area contributed by atoms with Gasteiger partial charge in [0.1, 0.15) is 0 Å². The zero-order valence-corrected chi connectivity index (χ0v) is 6.42. The molecular weight excluding hydrogens is 116 g/mol. The largest absolute Gasteiger partial charge is 0.396 e. The van der Waals surface area contributed by atoms with Gasteiger partial charge in [0.25, 0.3) is 0 Å². The molecule has 0 spiro atoms. The maximum absolute atomic E-state index is 8.75. The van der Waals surface area contributed by atoms with E-state index in [9.17, 15) is 0 Å². The lowest BCUT2D eigenvalue weighted by Gasteiger charge is -2.15. The fourth-order valence-corrected chi connectivity index (χ4v) is 0.670. The van der Waals surface area contributed by atoms with Crippen LogP contribution < -0.4 is 0 Å². The van der Waals surface area contributed by atoms with Gasteiger partial charge in [0.2, 0.25) is 0 Å². The Bertz CT molecular complexity index is 61.9. The molecule has 0 aromatic carbocycles. The van der Waals surface area contributed by atoms with Gasteiger partial charge in [0.15, 0.2) is 0 Å². The van der Waals surface area contributed by atoms with Gasteiger partial charge in [-0.1, -0.05) is 13.8 Å². The maximum Gasteiger partial charge on any atom is 0.0514 e. The Balaban J connectivity index is 3.41. The van der Waals surface area contributed by atoms with E-state index < -0.39 is 0 Å².